The molecule has 0 amide bonds. The number of carbonyl (C=O) groups excluding carboxylic acids is 3. The molecule has 0 spiro atoms. The first-order valence-electron chi connectivity index (χ1n) is 31.8. The van der Waals surface area contributed by atoms with Gasteiger partial charge in [0, 0.05) is 19.3 Å². The number of unbranched alkanes of at least 4 members (excludes halogenated alkanes) is 44. The second-order valence-corrected chi connectivity index (χ2v) is 21.7. The third kappa shape index (κ3) is 58.7. The van der Waals surface area contributed by atoms with Gasteiger partial charge in [0.25, 0.3) is 0 Å². The minimum atomic E-state index is -0.772. The Bertz CT molecular complexity index is 1150. The molecule has 1 atom stereocenters. The van der Waals surface area contributed by atoms with Crippen molar-refractivity contribution in [3.63, 3.8) is 0 Å². The minimum Gasteiger partial charge on any atom is -0.462 e. The Kier molecular flexibility index (Phi) is 58.6. The van der Waals surface area contributed by atoms with Crippen molar-refractivity contribution in [3.8, 4) is 0 Å². The van der Waals surface area contributed by atoms with Crippen molar-refractivity contribution in [3.05, 3.63) is 24.3 Å². The zero-order valence-corrected chi connectivity index (χ0v) is 48.0. The zero-order chi connectivity index (χ0) is 51.4. The summed E-state index contributed by atoms with van der Waals surface area (Å²) in [7, 11) is 0. The summed E-state index contributed by atoms with van der Waals surface area (Å²) in [5.41, 5.74) is 0. The molecule has 0 N–H and O–H groups in total. The summed E-state index contributed by atoms with van der Waals surface area (Å²) in [4.78, 5) is 38.2. The van der Waals surface area contributed by atoms with Gasteiger partial charge in [-0.2, -0.15) is 0 Å². The van der Waals surface area contributed by atoms with Crippen LogP contribution in [0.15, 0.2) is 24.3 Å². The van der Waals surface area contributed by atoms with Gasteiger partial charge < -0.3 is 14.2 Å². The Morgan fingerprint density at radius 3 is 0.732 bits per heavy atom. The van der Waals surface area contributed by atoms with E-state index in [1.165, 1.54) is 250 Å². The average Bonchev–Trinajstić information content (AvgIpc) is 3.37. The van der Waals surface area contributed by atoms with Gasteiger partial charge in [0.1, 0.15) is 13.2 Å². The van der Waals surface area contributed by atoms with Gasteiger partial charge in [-0.3, -0.25) is 14.4 Å². The van der Waals surface area contributed by atoms with Crippen molar-refractivity contribution in [1.82, 2.24) is 0 Å². The maximum atomic E-state index is 12.9. The van der Waals surface area contributed by atoms with E-state index in [1.807, 2.05) is 0 Å². The van der Waals surface area contributed by atoms with Gasteiger partial charge in [-0.1, -0.05) is 289 Å². The summed E-state index contributed by atoms with van der Waals surface area (Å²) in [5.74, 6) is -0.856. The fourth-order valence-electron chi connectivity index (χ4n) is 9.61. The van der Waals surface area contributed by atoms with Gasteiger partial charge in [-0.15, -0.1) is 0 Å². The first-order valence-corrected chi connectivity index (χ1v) is 31.8. The van der Waals surface area contributed by atoms with Crippen molar-refractivity contribution in [2.45, 2.75) is 361 Å². The van der Waals surface area contributed by atoms with E-state index in [2.05, 4.69) is 45.1 Å². The lowest BCUT2D eigenvalue weighted by Gasteiger charge is -2.18. The molecule has 0 fully saturated rings. The highest BCUT2D eigenvalue weighted by atomic mass is 16.6. The topological polar surface area (TPSA) is 78.9 Å². The van der Waals surface area contributed by atoms with E-state index in [-0.39, 0.29) is 31.1 Å². The third-order valence-corrected chi connectivity index (χ3v) is 14.4. The number of esters is 3. The van der Waals surface area contributed by atoms with Gasteiger partial charge in [-0.05, 0) is 70.6 Å². The molecule has 0 bridgehead atoms. The highest BCUT2D eigenvalue weighted by Gasteiger charge is 2.19. The van der Waals surface area contributed by atoms with Crippen molar-refractivity contribution >= 4 is 17.9 Å². The van der Waals surface area contributed by atoms with Crippen LogP contribution in [0.5, 0.6) is 0 Å². The first kappa shape index (κ1) is 68.9. The van der Waals surface area contributed by atoms with Gasteiger partial charge in [-0.25, -0.2) is 0 Å². The lowest BCUT2D eigenvalue weighted by molar-refractivity contribution is -0.167. The smallest absolute Gasteiger partial charge is 0.306 e. The molecule has 0 rings (SSSR count). The van der Waals surface area contributed by atoms with Crippen molar-refractivity contribution in [2.75, 3.05) is 13.2 Å². The standard InChI is InChI=1S/C65H122O6/c1-4-7-10-13-16-19-22-25-27-29-31-33-35-36-38-40-43-46-49-52-55-58-64(67)70-61-62(60-69-63(66)57-54-51-48-45-42-24-21-18-15-12-9-6-3)71-65(68)59-56-53-50-47-44-41-39-37-34-32-30-28-26-23-20-17-14-11-8-5-2/h18,21,29,31,62H,4-17,19-20,22-28,30,32-61H2,1-3H3/b21-18-,31-29-. The molecule has 0 aliphatic rings. The summed E-state index contributed by atoms with van der Waals surface area (Å²) >= 11 is 0. The summed E-state index contributed by atoms with van der Waals surface area (Å²) in [6.07, 6.45) is 71.9. The molecule has 0 saturated heterocycles. The number of hydrogen-bond donors (Lipinski definition) is 0. The highest BCUT2D eigenvalue weighted by molar-refractivity contribution is 5.71. The van der Waals surface area contributed by atoms with Gasteiger partial charge in [0.15, 0.2) is 6.10 Å². The largest absolute Gasteiger partial charge is 0.462 e. The Morgan fingerprint density at radius 1 is 0.268 bits per heavy atom. The second kappa shape index (κ2) is 60.4. The summed E-state index contributed by atoms with van der Waals surface area (Å²) in [6.45, 7) is 6.67. The van der Waals surface area contributed by atoms with E-state index in [9.17, 15) is 14.4 Å². The molecule has 71 heavy (non-hydrogen) atoms. The van der Waals surface area contributed by atoms with E-state index in [0.717, 1.165) is 64.2 Å². The van der Waals surface area contributed by atoms with Crippen LogP contribution in [0.4, 0.5) is 0 Å². The molecule has 0 aromatic rings. The van der Waals surface area contributed by atoms with Crippen LogP contribution in [0, 0.1) is 0 Å². The molecular formula is C65H122O6. The molecule has 0 aromatic heterocycles. The monoisotopic (exact) mass is 999 g/mol. The van der Waals surface area contributed by atoms with Gasteiger partial charge in [0.2, 0.25) is 0 Å². The van der Waals surface area contributed by atoms with E-state index >= 15 is 0 Å². The van der Waals surface area contributed by atoms with Crippen LogP contribution >= 0.6 is 0 Å². The minimum absolute atomic E-state index is 0.0702. The molecular weight excluding hydrogens is 877 g/mol. The molecule has 0 radical (unpaired) electrons. The quantitative estimate of drug-likeness (QED) is 0.0261. The van der Waals surface area contributed by atoms with Crippen LogP contribution in [0.25, 0.3) is 0 Å². The Balaban J connectivity index is 4.26. The van der Waals surface area contributed by atoms with Crippen molar-refractivity contribution in [2.24, 2.45) is 0 Å². The second-order valence-electron chi connectivity index (χ2n) is 21.7. The molecule has 0 saturated carbocycles. The fraction of sp³-hybridized carbons (Fsp3) is 0.892. The number of ether oxygens (including phenoxy) is 3. The maximum absolute atomic E-state index is 12.9. The lowest BCUT2D eigenvalue weighted by Crippen LogP contribution is -2.30. The Morgan fingerprint density at radius 2 is 0.465 bits per heavy atom. The van der Waals surface area contributed by atoms with Gasteiger partial charge in [0.05, 0.1) is 0 Å². The fourth-order valence-corrected chi connectivity index (χ4v) is 9.61. The SMILES string of the molecule is CCCCC/C=C\CCCCCCCC(=O)OCC(COC(=O)CCCCCCCCCCC/C=C\CCCCCCCCCC)OC(=O)CCCCCCCCCCCCCCCCCCCCCC. The van der Waals surface area contributed by atoms with Crippen LogP contribution < -0.4 is 0 Å². The predicted octanol–water partition coefficient (Wildman–Crippen LogP) is 21.4. The first-order chi connectivity index (χ1) is 35.0. The van der Waals surface area contributed by atoms with Crippen LogP contribution in [0.1, 0.15) is 355 Å². The Hall–Kier alpha value is -2.11. The number of allylic oxidation sites excluding steroid dienone is 4. The zero-order valence-electron chi connectivity index (χ0n) is 48.0. The normalized spacial score (nSPS) is 12.1. The molecule has 0 aromatic carbocycles. The predicted molar refractivity (Wildman–Crippen MR) is 307 cm³/mol. The summed E-state index contributed by atoms with van der Waals surface area (Å²) < 4.78 is 16.9. The van der Waals surface area contributed by atoms with E-state index < -0.39 is 6.10 Å². The molecule has 418 valence electrons. The molecule has 0 heterocycles. The van der Waals surface area contributed by atoms with Crippen molar-refractivity contribution < 1.29 is 28.6 Å². The van der Waals surface area contributed by atoms with Crippen molar-refractivity contribution in [1.29, 1.82) is 0 Å². The van der Waals surface area contributed by atoms with Gasteiger partial charge >= 0.3 is 17.9 Å². The van der Waals surface area contributed by atoms with Crippen LogP contribution in [-0.2, 0) is 28.6 Å². The molecule has 0 aliphatic heterocycles. The molecule has 0 aliphatic carbocycles. The molecule has 1 unspecified atom stereocenters. The van der Waals surface area contributed by atoms with E-state index in [0.29, 0.717) is 19.3 Å². The lowest BCUT2D eigenvalue weighted by atomic mass is 10.0. The number of carbonyl (C=O) groups is 3. The number of rotatable bonds is 59. The molecule has 6 nitrogen and oxygen atoms in total. The summed E-state index contributed by atoms with van der Waals surface area (Å²) in [6, 6.07) is 0. The average molecular weight is 1000 g/mol. The third-order valence-electron chi connectivity index (χ3n) is 14.4. The number of hydrogen-bond acceptors (Lipinski definition) is 6. The van der Waals surface area contributed by atoms with Crippen LogP contribution in [0.3, 0.4) is 0 Å². The van der Waals surface area contributed by atoms with Crippen LogP contribution in [-0.4, -0.2) is 37.2 Å². The Labute approximate surface area is 443 Å². The van der Waals surface area contributed by atoms with Crippen LogP contribution in [0.2, 0.25) is 0 Å². The summed E-state index contributed by atoms with van der Waals surface area (Å²) in [5, 5.41) is 0. The van der Waals surface area contributed by atoms with E-state index in [1.54, 1.807) is 0 Å². The molecule has 6 heteroatoms. The van der Waals surface area contributed by atoms with E-state index in [4.69, 9.17) is 14.2 Å². The highest BCUT2D eigenvalue weighted by Crippen LogP contribution is 2.18. The maximum Gasteiger partial charge on any atom is 0.306 e.